The summed E-state index contributed by atoms with van der Waals surface area (Å²) in [5, 5.41) is 17.6. The third-order valence-corrected chi connectivity index (χ3v) is 1.52. The molecule has 0 aromatic carbocycles. The van der Waals surface area contributed by atoms with Gasteiger partial charge in [-0.1, -0.05) is 0 Å². The van der Waals surface area contributed by atoms with Gasteiger partial charge in [-0.15, -0.1) is 0 Å². The largest absolute Gasteiger partial charge is 0.511 e. The van der Waals surface area contributed by atoms with E-state index in [1.807, 2.05) is 0 Å². The molecule has 5 nitrogen and oxygen atoms in total. The molecule has 1 aliphatic rings. The summed E-state index contributed by atoms with van der Waals surface area (Å²) in [5.74, 6) is -3.46. The number of amides is 1. The van der Waals surface area contributed by atoms with Crippen LogP contribution in [0.5, 0.6) is 0 Å². The van der Waals surface area contributed by atoms with Crippen LogP contribution in [0.25, 0.3) is 0 Å². The topological polar surface area (TPSA) is 87.0 Å². The highest BCUT2D eigenvalue weighted by molar-refractivity contribution is 6.12. The van der Waals surface area contributed by atoms with Crippen molar-refractivity contribution in [3.8, 4) is 0 Å². The Morgan fingerprint density at radius 3 is 2.67 bits per heavy atom. The Hall–Kier alpha value is -1.65. The van der Waals surface area contributed by atoms with Crippen molar-refractivity contribution in [2.24, 2.45) is 10.9 Å². The van der Waals surface area contributed by atoms with Gasteiger partial charge in [-0.3, -0.25) is 9.59 Å². The highest BCUT2D eigenvalue weighted by Gasteiger charge is 2.29. The number of nitrogens with zero attached hydrogens (tertiary/aromatic N) is 1. The summed E-state index contributed by atoms with van der Waals surface area (Å²) >= 11 is 0. The molecule has 1 atom stereocenters. The number of dihydropyridines is 1. The molecule has 5 heteroatoms. The predicted molar refractivity (Wildman–Crippen MR) is 40.0 cm³/mol. The highest BCUT2D eigenvalue weighted by Crippen LogP contribution is 2.15. The minimum atomic E-state index is -1.21. The first-order chi connectivity index (χ1) is 5.52. The summed E-state index contributed by atoms with van der Waals surface area (Å²) in [7, 11) is 0. The summed E-state index contributed by atoms with van der Waals surface area (Å²) in [4.78, 5) is 24.5. The molecular formula is C7H7NO4. The van der Waals surface area contributed by atoms with Crippen molar-refractivity contribution in [3.63, 3.8) is 0 Å². The smallest absolute Gasteiger partial charge is 0.319 e. The summed E-state index contributed by atoms with van der Waals surface area (Å²) in [5.41, 5.74) is 0.104. The molecule has 0 bridgehead atoms. The molecule has 2 N–H and O–H groups in total. The Labute approximate surface area is 68.0 Å². The maximum atomic E-state index is 10.6. The lowest BCUT2D eigenvalue weighted by molar-refractivity contribution is -0.139. The number of rotatable bonds is 1. The average molecular weight is 169 g/mol. The number of carboxylic acids is 1. The zero-order valence-electron chi connectivity index (χ0n) is 6.31. The lowest BCUT2D eigenvalue weighted by Crippen LogP contribution is -2.27. The summed E-state index contributed by atoms with van der Waals surface area (Å²) < 4.78 is 0. The SMILES string of the molecule is CC1=NC(=O)C=C(O)C1C(=O)O. The van der Waals surface area contributed by atoms with Gasteiger partial charge >= 0.3 is 5.97 Å². The third-order valence-electron chi connectivity index (χ3n) is 1.52. The molecular weight excluding hydrogens is 162 g/mol. The van der Waals surface area contributed by atoms with Gasteiger partial charge in [0.1, 0.15) is 5.76 Å². The second-order valence-corrected chi connectivity index (χ2v) is 2.43. The zero-order valence-corrected chi connectivity index (χ0v) is 6.31. The summed E-state index contributed by atoms with van der Waals surface area (Å²) in [6, 6.07) is 0. The van der Waals surface area contributed by atoms with Crippen LogP contribution in [0.1, 0.15) is 6.92 Å². The number of hydrogen-bond acceptors (Lipinski definition) is 3. The van der Waals surface area contributed by atoms with E-state index in [0.717, 1.165) is 6.08 Å². The Kier molecular flexibility index (Phi) is 1.95. The molecule has 0 radical (unpaired) electrons. The van der Waals surface area contributed by atoms with Crippen molar-refractivity contribution >= 4 is 17.6 Å². The standard InChI is InChI=1S/C7H7NO4/c1-3-6(7(11)12)4(9)2-5(10)8-3/h2,6,9H,1H3,(H,11,12). The number of aliphatic hydroxyl groups excluding tert-OH is 1. The molecule has 1 amide bonds. The minimum Gasteiger partial charge on any atom is -0.511 e. The molecule has 1 aliphatic heterocycles. The van der Waals surface area contributed by atoms with E-state index in [2.05, 4.69) is 4.99 Å². The number of aliphatic imine (C=N–C) groups is 1. The van der Waals surface area contributed by atoms with Gasteiger partial charge in [0.25, 0.3) is 5.91 Å². The number of carbonyl (C=O) groups is 2. The number of aliphatic carboxylic acids is 1. The first-order valence-electron chi connectivity index (χ1n) is 3.25. The van der Waals surface area contributed by atoms with E-state index in [4.69, 9.17) is 10.2 Å². The molecule has 1 unspecified atom stereocenters. The normalized spacial score (nSPS) is 23.1. The van der Waals surface area contributed by atoms with Crippen molar-refractivity contribution in [1.82, 2.24) is 0 Å². The number of carbonyl (C=O) groups excluding carboxylic acids is 1. The number of hydrogen-bond donors (Lipinski definition) is 2. The number of carboxylic acid groups (broad SMARTS) is 1. The van der Waals surface area contributed by atoms with Gasteiger partial charge in [0.15, 0.2) is 5.92 Å². The maximum Gasteiger partial charge on any atom is 0.319 e. The van der Waals surface area contributed by atoms with Gasteiger partial charge in [0.2, 0.25) is 0 Å². The quantitative estimate of drug-likeness (QED) is 0.584. The molecule has 64 valence electrons. The van der Waals surface area contributed by atoms with E-state index in [-0.39, 0.29) is 5.71 Å². The summed E-state index contributed by atoms with van der Waals surface area (Å²) in [6.45, 7) is 1.39. The van der Waals surface area contributed by atoms with E-state index in [9.17, 15) is 9.59 Å². The molecule has 0 saturated carbocycles. The first kappa shape index (κ1) is 8.45. The molecule has 1 rings (SSSR count). The second-order valence-electron chi connectivity index (χ2n) is 2.43. The van der Waals surface area contributed by atoms with E-state index in [0.29, 0.717) is 0 Å². The van der Waals surface area contributed by atoms with Crippen molar-refractivity contribution in [2.45, 2.75) is 6.92 Å². The van der Waals surface area contributed by atoms with E-state index >= 15 is 0 Å². The van der Waals surface area contributed by atoms with Crippen molar-refractivity contribution in [1.29, 1.82) is 0 Å². The molecule has 0 spiro atoms. The molecule has 0 saturated heterocycles. The minimum absolute atomic E-state index is 0.104. The second kappa shape index (κ2) is 2.77. The van der Waals surface area contributed by atoms with Crippen LogP contribution in [0.3, 0.4) is 0 Å². The maximum absolute atomic E-state index is 10.6. The Balaban J connectivity index is 3.03. The fourth-order valence-electron chi connectivity index (χ4n) is 1.000. The lowest BCUT2D eigenvalue weighted by Gasteiger charge is -2.13. The molecule has 0 fully saturated rings. The monoisotopic (exact) mass is 169 g/mol. The van der Waals surface area contributed by atoms with Gasteiger partial charge in [0.05, 0.1) is 0 Å². The Morgan fingerprint density at radius 2 is 2.25 bits per heavy atom. The molecule has 12 heavy (non-hydrogen) atoms. The van der Waals surface area contributed by atoms with Crippen LogP contribution in [-0.4, -0.2) is 27.8 Å². The first-order valence-corrected chi connectivity index (χ1v) is 3.25. The van der Waals surface area contributed by atoms with Crippen LogP contribution in [0, 0.1) is 5.92 Å². The van der Waals surface area contributed by atoms with Crippen LogP contribution in [0.2, 0.25) is 0 Å². The third kappa shape index (κ3) is 1.34. The van der Waals surface area contributed by atoms with E-state index in [1.54, 1.807) is 0 Å². The van der Waals surface area contributed by atoms with Crippen molar-refractivity contribution in [2.75, 3.05) is 0 Å². The van der Waals surface area contributed by atoms with Gasteiger partial charge in [-0.2, -0.15) is 0 Å². The average Bonchev–Trinajstić information content (AvgIpc) is 1.82. The predicted octanol–water partition coefficient (Wildman–Crippen LogP) is 0.130. The van der Waals surface area contributed by atoms with Gasteiger partial charge in [-0.05, 0) is 6.92 Å². The lowest BCUT2D eigenvalue weighted by atomic mass is 10.00. The Bertz CT molecular complexity index is 281. The van der Waals surface area contributed by atoms with Gasteiger partial charge in [-0.25, -0.2) is 4.99 Å². The number of aliphatic hydroxyl groups is 1. The van der Waals surface area contributed by atoms with Gasteiger partial charge in [0, 0.05) is 11.8 Å². The van der Waals surface area contributed by atoms with Crippen LogP contribution >= 0.6 is 0 Å². The zero-order chi connectivity index (χ0) is 9.30. The van der Waals surface area contributed by atoms with Crippen LogP contribution in [0.4, 0.5) is 0 Å². The fourth-order valence-corrected chi connectivity index (χ4v) is 1.000. The van der Waals surface area contributed by atoms with Crippen molar-refractivity contribution in [3.05, 3.63) is 11.8 Å². The van der Waals surface area contributed by atoms with E-state index < -0.39 is 23.6 Å². The molecule has 0 aromatic heterocycles. The van der Waals surface area contributed by atoms with Gasteiger partial charge < -0.3 is 10.2 Å². The van der Waals surface area contributed by atoms with Crippen molar-refractivity contribution < 1.29 is 19.8 Å². The van der Waals surface area contributed by atoms with Crippen LogP contribution in [0.15, 0.2) is 16.8 Å². The van der Waals surface area contributed by atoms with Crippen LogP contribution in [-0.2, 0) is 9.59 Å². The molecule has 0 aliphatic carbocycles. The fraction of sp³-hybridized carbons (Fsp3) is 0.286. The highest BCUT2D eigenvalue weighted by atomic mass is 16.4. The summed E-state index contributed by atoms with van der Waals surface area (Å²) in [6.07, 6.45) is 0.811. The molecule has 0 aromatic rings. The van der Waals surface area contributed by atoms with Crippen LogP contribution < -0.4 is 0 Å². The van der Waals surface area contributed by atoms with E-state index in [1.165, 1.54) is 6.92 Å². The Morgan fingerprint density at radius 1 is 1.67 bits per heavy atom. The molecule has 1 heterocycles.